The lowest BCUT2D eigenvalue weighted by atomic mass is 10.0. The third kappa shape index (κ3) is 5.37. The summed E-state index contributed by atoms with van der Waals surface area (Å²) in [6.45, 7) is 6.44. The van der Waals surface area contributed by atoms with Gasteiger partial charge in [-0.2, -0.15) is 0 Å². The molecular weight excluding hydrogens is 358 g/mol. The van der Waals surface area contributed by atoms with Crippen LogP contribution in [0.15, 0.2) is 74.2 Å². The lowest BCUT2D eigenvalue weighted by Gasteiger charge is -2.08. The molecule has 0 aliphatic heterocycles. The molecule has 0 aliphatic rings. The standard InChI is InChI=1S/C20H14F2O5/c1-3-19(23)26-10-9-25-14-6-7-15(16(21)12-14)13-5-8-18(17(22)11-13)27-20(24)4-2/h3-12H,1-2H2. The normalized spacial score (nSPS) is 10.3. The van der Waals surface area contributed by atoms with Gasteiger partial charge < -0.3 is 14.2 Å². The van der Waals surface area contributed by atoms with Crippen LogP contribution in [0.5, 0.6) is 11.5 Å². The van der Waals surface area contributed by atoms with Crippen LogP contribution < -0.4 is 9.47 Å². The molecule has 0 aromatic heterocycles. The predicted molar refractivity (Wildman–Crippen MR) is 93.7 cm³/mol. The lowest BCUT2D eigenvalue weighted by Crippen LogP contribution is -2.04. The number of esters is 2. The molecule has 0 spiro atoms. The van der Waals surface area contributed by atoms with E-state index in [1.807, 2.05) is 0 Å². The summed E-state index contributed by atoms with van der Waals surface area (Å²) in [5, 5.41) is 0. The van der Waals surface area contributed by atoms with Crippen LogP contribution in [0.25, 0.3) is 11.1 Å². The summed E-state index contributed by atoms with van der Waals surface area (Å²) >= 11 is 0. The number of benzene rings is 2. The van der Waals surface area contributed by atoms with E-state index in [4.69, 9.17) is 9.47 Å². The maximum absolute atomic E-state index is 14.3. The summed E-state index contributed by atoms with van der Waals surface area (Å²) < 4.78 is 42.7. The number of hydrogen-bond donors (Lipinski definition) is 0. The molecule has 0 atom stereocenters. The van der Waals surface area contributed by atoms with Crippen molar-refractivity contribution in [3.63, 3.8) is 0 Å². The highest BCUT2D eigenvalue weighted by Gasteiger charge is 2.12. The Labute approximate surface area is 153 Å². The highest BCUT2D eigenvalue weighted by atomic mass is 19.1. The van der Waals surface area contributed by atoms with E-state index in [0.29, 0.717) is 0 Å². The van der Waals surface area contributed by atoms with Crippen LogP contribution in [0.3, 0.4) is 0 Å². The molecule has 0 unspecified atom stereocenters. The van der Waals surface area contributed by atoms with Crippen molar-refractivity contribution < 1.29 is 32.6 Å². The van der Waals surface area contributed by atoms with Crippen molar-refractivity contribution in [3.8, 4) is 22.6 Å². The van der Waals surface area contributed by atoms with E-state index in [-0.39, 0.29) is 22.6 Å². The van der Waals surface area contributed by atoms with Crippen molar-refractivity contribution in [2.24, 2.45) is 0 Å². The number of hydrogen-bond acceptors (Lipinski definition) is 5. The van der Waals surface area contributed by atoms with Crippen molar-refractivity contribution in [1.82, 2.24) is 0 Å². The summed E-state index contributed by atoms with van der Waals surface area (Å²) in [5.41, 5.74) is 0.357. The van der Waals surface area contributed by atoms with E-state index in [1.165, 1.54) is 24.3 Å². The van der Waals surface area contributed by atoms with Crippen molar-refractivity contribution >= 4 is 11.9 Å². The second-order valence-electron chi connectivity index (χ2n) is 4.94. The van der Waals surface area contributed by atoms with Crippen LogP contribution in [0.2, 0.25) is 0 Å². The van der Waals surface area contributed by atoms with Crippen molar-refractivity contribution in [2.45, 2.75) is 0 Å². The van der Waals surface area contributed by atoms with E-state index in [9.17, 15) is 18.4 Å². The van der Waals surface area contributed by atoms with E-state index in [2.05, 4.69) is 17.9 Å². The molecule has 0 N–H and O–H groups in total. The van der Waals surface area contributed by atoms with Gasteiger partial charge in [-0.15, -0.1) is 0 Å². The Balaban J connectivity index is 2.14. The predicted octanol–water partition coefficient (Wildman–Crippen LogP) is 4.30. The highest BCUT2D eigenvalue weighted by molar-refractivity contribution is 5.83. The Hall–Kier alpha value is -3.74. The molecule has 7 heteroatoms. The van der Waals surface area contributed by atoms with Crippen LogP contribution >= 0.6 is 0 Å². The van der Waals surface area contributed by atoms with Gasteiger partial charge in [-0.1, -0.05) is 19.2 Å². The molecule has 138 valence electrons. The van der Waals surface area contributed by atoms with Gasteiger partial charge in [-0.25, -0.2) is 18.4 Å². The Bertz CT molecular complexity index is 919. The number of ether oxygens (including phenoxy) is 3. The van der Waals surface area contributed by atoms with Crippen molar-refractivity contribution in [3.05, 3.63) is 85.9 Å². The third-order valence-electron chi connectivity index (χ3n) is 3.17. The summed E-state index contributed by atoms with van der Waals surface area (Å²) in [6.07, 6.45) is 3.91. The second-order valence-corrected chi connectivity index (χ2v) is 4.94. The Morgan fingerprint density at radius 1 is 0.889 bits per heavy atom. The fourth-order valence-electron chi connectivity index (χ4n) is 1.95. The first kappa shape index (κ1) is 19.6. The maximum Gasteiger partial charge on any atom is 0.335 e. The number of carbonyl (C=O) groups is 2. The average molecular weight is 372 g/mol. The van der Waals surface area contributed by atoms with Gasteiger partial charge >= 0.3 is 11.9 Å². The first-order chi connectivity index (χ1) is 12.9. The molecule has 0 heterocycles. The average Bonchev–Trinajstić information content (AvgIpc) is 2.66. The summed E-state index contributed by atoms with van der Waals surface area (Å²) in [6, 6.07) is 7.58. The van der Waals surface area contributed by atoms with Gasteiger partial charge in [-0.3, -0.25) is 0 Å². The minimum atomic E-state index is -0.825. The molecule has 5 nitrogen and oxygen atoms in total. The Kier molecular flexibility index (Phi) is 6.60. The zero-order chi connectivity index (χ0) is 19.8. The topological polar surface area (TPSA) is 61.8 Å². The zero-order valence-corrected chi connectivity index (χ0v) is 14.0. The molecule has 2 rings (SSSR count). The minimum Gasteiger partial charge on any atom is -0.462 e. The Morgan fingerprint density at radius 2 is 1.63 bits per heavy atom. The van der Waals surface area contributed by atoms with Crippen LogP contribution in [-0.4, -0.2) is 11.9 Å². The third-order valence-corrected chi connectivity index (χ3v) is 3.17. The molecule has 0 radical (unpaired) electrons. The molecule has 2 aromatic rings. The van der Waals surface area contributed by atoms with Crippen molar-refractivity contribution in [2.75, 3.05) is 0 Å². The minimum absolute atomic E-state index is 0.116. The van der Waals surface area contributed by atoms with E-state index >= 15 is 0 Å². The van der Waals surface area contributed by atoms with Gasteiger partial charge in [0.15, 0.2) is 11.6 Å². The molecular formula is C20H14F2O5. The molecule has 2 aromatic carbocycles. The van der Waals surface area contributed by atoms with Gasteiger partial charge in [0, 0.05) is 23.8 Å². The van der Waals surface area contributed by atoms with Gasteiger partial charge in [-0.05, 0) is 29.8 Å². The van der Waals surface area contributed by atoms with Gasteiger partial charge in [0.2, 0.25) is 0 Å². The lowest BCUT2D eigenvalue weighted by molar-refractivity contribution is -0.132. The monoisotopic (exact) mass is 372 g/mol. The fraction of sp³-hybridized carbons (Fsp3) is 0. The molecule has 0 saturated carbocycles. The smallest absolute Gasteiger partial charge is 0.335 e. The molecule has 0 aliphatic carbocycles. The van der Waals surface area contributed by atoms with Crippen LogP contribution in [0.1, 0.15) is 0 Å². The second kappa shape index (κ2) is 9.10. The number of rotatable bonds is 7. The van der Waals surface area contributed by atoms with Gasteiger partial charge in [0.25, 0.3) is 0 Å². The van der Waals surface area contributed by atoms with Gasteiger partial charge in [0.1, 0.15) is 24.1 Å². The zero-order valence-electron chi connectivity index (χ0n) is 14.0. The highest BCUT2D eigenvalue weighted by Crippen LogP contribution is 2.29. The first-order valence-corrected chi connectivity index (χ1v) is 7.53. The Morgan fingerprint density at radius 3 is 2.26 bits per heavy atom. The molecule has 27 heavy (non-hydrogen) atoms. The van der Waals surface area contributed by atoms with E-state index < -0.39 is 23.6 Å². The van der Waals surface area contributed by atoms with E-state index in [1.54, 1.807) is 0 Å². The SMILES string of the molecule is C=CC(=O)OC=COc1ccc(-c2ccc(OC(=O)C=C)c(F)c2)c(F)c1. The van der Waals surface area contributed by atoms with Crippen LogP contribution in [0.4, 0.5) is 8.78 Å². The van der Waals surface area contributed by atoms with Crippen molar-refractivity contribution in [1.29, 1.82) is 0 Å². The van der Waals surface area contributed by atoms with Crippen LogP contribution in [0, 0.1) is 11.6 Å². The van der Waals surface area contributed by atoms with E-state index in [0.717, 1.165) is 36.8 Å². The molecule has 0 amide bonds. The molecule has 0 saturated heterocycles. The summed E-state index contributed by atoms with van der Waals surface area (Å²) in [4.78, 5) is 22.0. The summed E-state index contributed by atoms with van der Waals surface area (Å²) in [7, 11) is 0. The molecule has 0 bridgehead atoms. The number of carbonyl (C=O) groups excluding carboxylic acids is 2. The summed E-state index contributed by atoms with van der Waals surface area (Å²) in [5.74, 6) is -3.11. The number of halogens is 2. The largest absolute Gasteiger partial charge is 0.462 e. The van der Waals surface area contributed by atoms with Crippen LogP contribution in [-0.2, 0) is 14.3 Å². The first-order valence-electron chi connectivity index (χ1n) is 7.53. The fourth-order valence-corrected chi connectivity index (χ4v) is 1.95. The quantitative estimate of drug-likeness (QED) is 0.314. The van der Waals surface area contributed by atoms with Gasteiger partial charge in [0.05, 0.1) is 0 Å². The molecule has 0 fully saturated rings. The maximum atomic E-state index is 14.3.